The lowest BCUT2D eigenvalue weighted by Gasteiger charge is -2.08. The molecule has 2 aromatic carbocycles. The highest BCUT2D eigenvalue weighted by Crippen LogP contribution is 2.18. The molecule has 0 radical (unpaired) electrons. The van der Waals surface area contributed by atoms with Crippen molar-refractivity contribution in [1.29, 1.82) is 0 Å². The van der Waals surface area contributed by atoms with Crippen LogP contribution in [0.2, 0.25) is 0 Å². The molecule has 0 atom stereocenters. The molecule has 2 heteroatoms. The minimum Gasteiger partial charge on any atom is -0.508 e. The molecule has 2 rings (SSSR count). The van der Waals surface area contributed by atoms with Crippen molar-refractivity contribution in [2.45, 2.75) is 39.0 Å². The molecular formula is C24H27FO. The van der Waals surface area contributed by atoms with E-state index in [2.05, 4.69) is 25.7 Å². The minimum absolute atomic E-state index is 0.139. The van der Waals surface area contributed by atoms with Crippen LogP contribution in [0.3, 0.4) is 0 Å². The van der Waals surface area contributed by atoms with Gasteiger partial charge in [-0.25, -0.2) is 4.39 Å². The number of hydrogen-bond acceptors (Lipinski definition) is 1. The van der Waals surface area contributed by atoms with E-state index in [0.29, 0.717) is 6.42 Å². The van der Waals surface area contributed by atoms with Crippen LogP contribution in [-0.2, 0) is 19.3 Å². The van der Waals surface area contributed by atoms with Crippen LogP contribution in [0.5, 0.6) is 5.75 Å². The van der Waals surface area contributed by atoms with E-state index in [1.54, 1.807) is 24.3 Å². The Labute approximate surface area is 156 Å². The van der Waals surface area contributed by atoms with Crippen LogP contribution in [0.25, 0.3) is 0 Å². The van der Waals surface area contributed by atoms with Gasteiger partial charge in [0, 0.05) is 0 Å². The van der Waals surface area contributed by atoms with E-state index in [0.717, 1.165) is 42.4 Å². The molecular weight excluding hydrogens is 323 g/mol. The number of phenols is 1. The fraction of sp³-hybridized carbons (Fsp3) is 0.250. The standard InChI is InChI=1S/C24H27FO/c1-3-5-7-19(6-4-2)8-9-21-11-15-22(24(25)18-21)14-10-20-12-16-23(26)17-13-20/h4-7,11-13,15-18,26H,2-3,8-10,14H2,1H3/b7-5-,19-6+. The van der Waals surface area contributed by atoms with Crippen molar-refractivity contribution in [2.75, 3.05) is 0 Å². The van der Waals surface area contributed by atoms with Crippen LogP contribution in [0.1, 0.15) is 36.5 Å². The molecule has 0 saturated carbocycles. The largest absolute Gasteiger partial charge is 0.508 e. The second-order valence-electron chi connectivity index (χ2n) is 6.38. The van der Waals surface area contributed by atoms with Gasteiger partial charge in [-0.05, 0) is 72.6 Å². The summed E-state index contributed by atoms with van der Waals surface area (Å²) in [6, 6.07) is 12.6. The summed E-state index contributed by atoms with van der Waals surface area (Å²) in [6.07, 6.45) is 12.1. The molecule has 0 saturated heterocycles. The van der Waals surface area contributed by atoms with E-state index in [9.17, 15) is 9.50 Å². The molecule has 1 N–H and O–H groups in total. The third-order valence-electron chi connectivity index (χ3n) is 4.34. The number of hydrogen-bond donors (Lipinski definition) is 1. The minimum atomic E-state index is -0.139. The maximum absolute atomic E-state index is 14.4. The van der Waals surface area contributed by atoms with Gasteiger partial charge >= 0.3 is 0 Å². The van der Waals surface area contributed by atoms with E-state index in [4.69, 9.17) is 0 Å². The predicted octanol–water partition coefficient (Wildman–Crippen LogP) is 6.33. The van der Waals surface area contributed by atoms with Crippen molar-refractivity contribution in [3.05, 3.63) is 101 Å². The van der Waals surface area contributed by atoms with Crippen molar-refractivity contribution in [3.63, 3.8) is 0 Å². The molecule has 0 aromatic heterocycles. The average Bonchev–Trinajstić information content (AvgIpc) is 2.64. The molecule has 26 heavy (non-hydrogen) atoms. The fourth-order valence-corrected chi connectivity index (χ4v) is 2.82. The van der Waals surface area contributed by atoms with Gasteiger partial charge in [-0.2, -0.15) is 0 Å². The van der Waals surface area contributed by atoms with Gasteiger partial charge in [-0.15, -0.1) is 0 Å². The zero-order valence-electron chi connectivity index (χ0n) is 15.4. The fourth-order valence-electron chi connectivity index (χ4n) is 2.82. The maximum Gasteiger partial charge on any atom is 0.126 e. The zero-order chi connectivity index (χ0) is 18.8. The monoisotopic (exact) mass is 350 g/mol. The first-order valence-electron chi connectivity index (χ1n) is 9.15. The molecule has 0 unspecified atom stereocenters. The van der Waals surface area contributed by atoms with Crippen LogP contribution in [0, 0.1) is 5.82 Å². The van der Waals surface area contributed by atoms with E-state index < -0.39 is 0 Å². The molecule has 0 fully saturated rings. The normalized spacial score (nSPS) is 11.8. The predicted molar refractivity (Wildman–Crippen MR) is 108 cm³/mol. The number of aryl methyl sites for hydroxylation is 3. The first kappa shape index (κ1) is 19.7. The third-order valence-corrected chi connectivity index (χ3v) is 4.34. The summed E-state index contributed by atoms with van der Waals surface area (Å²) in [5, 5.41) is 9.31. The summed E-state index contributed by atoms with van der Waals surface area (Å²) in [7, 11) is 0. The lowest BCUT2D eigenvalue weighted by molar-refractivity contribution is 0.475. The Morgan fingerprint density at radius 2 is 1.77 bits per heavy atom. The van der Waals surface area contributed by atoms with Crippen LogP contribution in [-0.4, -0.2) is 5.11 Å². The summed E-state index contributed by atoms with van der Waals surface area (Å²) in [4.78, 5) is 0. The highest BCUT2D eigenvalue weighted by Gasteiger charge is 2.05. The Hall–Kier alpha value is -2.61. The zero-order valence-corrected chi connectivity index (χ0v) is 15.4. The van der Waals surface area contributed by atoms with Crippen molar-refractivity contribution < 1.29 is 9.50 Å². The highest BCUT2D eigenvalue weighted by atomic mass is 19.1. The van der Waals surface area contributed by atoms with Gasteiger partial charge in [0.25, 0.3) is 0 Å². The van der Waals surface area contributed by atoms with E-state index >= 15 is 0 Å². The van der Waals surface area contributed by atoms with Crippen LogP contribution in [0.4, 0.5) is 4.39 Å². The summed E-state index contributed by atoms with van der Waals surface area (Å²) < 4.78 is 14.4. The Morgan fingerprint density at radius 3 is 2.42 bits per heavy atom. The van der Waals surface area contributed by atoms with E-state index in [-0.39, 0.29) is 11.6 Å². The van der Waals surface area contributed by atoms with Gasteiger partial charge in [0.2, 0.25) is 0 Å². The second-order valence-corrected chi connectivity index (χ2v) is 6.38. The first-order chi connectivity index (χ1) is 12.6. The molecule has 0 aliphatic rings. The molecule has 2 aromatic rings. The number of halogens is 1. The molecule has 1 nitrogen and oxygen atoms in total. The Balaban J connectivity index is 1.95. The van der Waals surface area contributed by atoms with Crippen molar-refractivity contribution in [1.82, 2.24) is 0 Å². The maximum atomic E-state index is 14.4. The molecule has 136 valence electrons. The van der Waals surface area contributed by atoms with Crippen LogP contribution in [0.15, 0.2) is 78.9 Å². The number of benzene rings is 2. The lowest BCUT2D eigenvalue weighted by atomic mass is 9.99. The average molecular weight is 350 g/mol. The van der Waals surface area contributed by atoms with Crippen molar-refractivity contribution >= 4 is 0 Å². The topological polar surface area (TPSA) is 20.2 Å². The molecule has 0 heterocycles. The molecule has 0 amide bonds. The number of aromatic hydroxyl groups is 1. The molecule has 0 aliphatic heterocycles. The summed E-state index contributed by atoms with van der Waals surface area (Å²) in [5.74, 6) is 0.113. The molecule has 0 bridgehead atoms. The van der Waals surface area contributed by atoms with E-state index in [1.165, 1.54) is 5.57 Å². The number of allylic oxidation sites excluding steroid dienone is 5. The Morgan fingerprint density at radius 1 is 1.04 bits per heavy atom. The number of phenolic OH excluding ortho intramolecular Hbond substituents is 1. The lowest BCUT2D eigenvalue weighted by Crippen LogP contribution is -1.97. The molecule has 0 spiro atoms. The summed E-state index contributed by atoms with van der Waals surface area (Å²) in [5.41, 5.74) is 4.04. The van der Waals surface area contributed by atoms with Crippen LogP contribution < -0.4 is 0 Å². The van der Waals surface area contributed by atoms with Gasteiger partial charge in [-0.1, -0.05) is 62.1 Å². The van der Waals surface area contributed by atoms with E-state index in [1.807, 2.05) is 30.3 Å². The van der Waals surface area contributed by atoms with Gasteiger partial charge < -0.3 is 5.11 Å². The third kappa shape index (κ3) is 6.36. The van der Waals surface area contributed by atoms with Crippen molar-refractivity contribution in [2.24, 2.45) is 0 Å². The highest BCUT2D eigenvalue weighted by molar-refractivity contribution is 5.30. The van der Waals surface area contributed by atoms with Gasteiger partial charge in [0.1, 0.15) is 11.6 Å². The van der Waals surface area contributed by atoms with Gasteiger partial charge in [-0.3, -0.25) is 0 Å². The van der Waals surface area contributed by atoms with Crippen LogP contribution >= 0.6 is 0 Å². The van der Waals surface area contributed by atoms with Crippen molar-refractivity contribution in [3.8, 4) is 5.75 Å². The number of rotatable bonds is 9. The Kier molecular flexibility index (Phi) is 7.88. The summed E-state index contributed by atoms with van der Waals surface area (Å²) in [6.45, 7) is 5.86. The molecule has 0 aliphatic carbocycles. The first-order valence-corrected chi connectivity index (χ1v) is 9.15. The smallest absolute Gasteiger partial charge is 0.126 e. The summed E-state index contributed by atoms with van der Waals surface area (Å²) >= 11 is 0. The van der Waals surface area contributed by atoms with Gasteiger partial charge in [0.05, 0.1) is 0 Å². The Bertz CT molecular complexity index is 769. The SMILES string of the molecule is C=C/C=C(\C=C/CC)CCc1ccc(CCc2ccc(O)cc2)c(F)c1. The second kappa shape index (κ2) is 10.4. The quantitative estimate of drug-likeness (QED) is 0.524. The van der Waals surface area contributed by atoms with Gasteiger partial charge in [0.15, 0.2) is 0 Å².